The summed E-state index contributed by atoms with van der Waals surface area (Å²) < 4.78 is 5.46. The van der Waals surface area contributed by atoms with E-state index >= 15 is 0 Å². The van der Waals surface area contributed by atoms with E-state index in [-0.39, 0.29) is 42.3 Å². The number of benzene rings is 1. The largest absolute Gasteiger partial charge is 0.444 e. The molecule has 2 aliphatic rings. The number of piperidine rings is 1. The molecule has 7 nitrogen and oxygen atoms in total. The minimum absolute atomic E-state index is 0.0167. The van der Waals surface area contributed by atoms with E-state index < -0.39 is 5.60 Å². The van der Waals surface area contributed by atoms with Crippen molar-refractivity contribution in [3.05, 3.63) is 39.9 Å². The average Bonchev–Trinajstić information content (AvgIpc) is 2.73. The van der Waals surface area contributed by atoms with E-state index in [0.29, 0.717) is 30.1 Å². The van der Waals surface area contributed by atoms with E-state index in [4.69, 9.17) is 16.3 Å². The van der Waals surface area contributed by atoms with E-state index in [1.807, 2.05) is 53.7 Å². The van der Waals surface area contributed by atoms with Crippen LogP contribution in [0.4, 0.5) is 4.79 Å². The Kier molecular flexibility index (Phi) is 7.96. The van der Waals surface area contributed by atoms with Crippen LogP contribution in [0.15, 0.2) is 18.2 Å². The second kappa shape index (κ2) is 10.4. The van der Waals surface area contributed by atoms with Crippen molar-refractivity contribution in [2.45, 2.75) is 66.0 Å². The molecule has 34 heavy (non-hydrogen) atoms. The maximum Gasteiger partial charge on any atom is 0.410 e. The number of ether oxygens (including phenoxy) is 1. The van der Waals surface area contributed by atoms with Gasteiger partial charge in [0, 0.05) is 36.3 Å². The summed E-state index contributed by atoms with van der Waals surface area (Å²) in [5.41, 5.74) is 2.73. The molecule has 0 radical (unpaired) electrons. The minimum atomic E-state index is -0.540. The third-order valence-corrected chi connectivity index (χ3v) is 6.66. The Balaban J connectivity index is 1.72. The van der Waals surface area contributed by atoms with Crippen LogP contribution in [0.25, 0.3) is 5.57 Å². The van der Waals surface area contributed by atoms with Gasteiger partial charge >= 0.3 is 6.09 Å². The van der Waals surface area contributed by atoms with E-state index in [1.54, 1.807) is 11.0 Å². The van der Waals surface area contributed by atoms with Gasteiger partial charge in [-0.05, 0) is 82.2 Å². The molecule has 8 heteroatoms. The molecule has 0 bridgehead atoms. The second-order valence-electron chi connectivity index (χ2n) is 10.5. The standard InChI is InChI=1S/C26H36ClN3O4/c1-15-11-16(2)29-24(32)22(15)14-28-23(31)21-13-19(27)12-20(17(21)3)18-7-9-30(10-8-18)25(33)34-26(4,5)6/h7,12-13,15-16,22H,8-11,14H2,1-6H3,(H,28,31)(H,29,32). The SMILES string of the molecule is Cc1c(C(=O)NCC2C(=O)NC(C)CC2C)cc(Cl)cc1C1=CCN(C(=O)OC(C)(C)C)CC1. The zero-order chi connectivity index (χ0) is 25.2. The molecule has 0 aromatic heterocycles. The highest BCUT2D eigenvalue weighted by Crippen LogP contribution is 2.31. The van der Waals surface area contributed by atoms with Crippen molar-refractivity contribution in [3.63, 3.8) is 0 Å². The molecule has 2 N–H and O–H groups in total. The summed E-state index contributed by atoms with van der Waals surface area (Å²) in [5.74, 6) is -0.317. The van der Waals surface area contributed by atoms with Crippen molar-refractivity contribution in [3.8, 4) is 0 Å². The molecule has 2 aliphatic heterocycles. The second-order valence-corrected chi connectivity index (χ2v) is 10.9. The number of carbonyl (C=O) groups excluding carboxylic acids is 3. The summed E-state index contributed by atoms with van der Waals surface area (Å²) in [5, 5.41) is 6.37. The third-order valence-electron chi connectivity index (χ3n) is 6.44. The van der Waals surface area contributed by atoms with Gasteiger partial charge in [-0.15, -0.1) is 0 Å². The molecular formula is C26H36ClN3O4. The molecule has 1 fully saturated rings. The molecule has 3 rings (SSSR count). The summed E-state index contributed by atoms with van der Waals surface area (Å²) in [7, 11) is 0. The Bertz CT molecular complexity index is 998. The first-order valence-corrected chi connectivity index (χ1v) is 12.3. The van der Waals surface area contributed by atoms with Gasteiger partial charge in [0.2, 0.25) is 5.91 Å². The van der Waals surface area contributed by atoms with Crippen LogP contribution >= 0.6 is 11.6 Å². The highest BCUT2D eigenvalue weighted by atomic mass is 35.5. The van der Waals surface area contributed by atoms with Crippen molar-refractivity contribution in [1.82, 2.24) is 15.5 Å². The number of carbonyl (C=O) groups is 3. The lowest BCUT2D eigenvalue weighted by atomic mass is 9.84. The van der Waals surface area contributed by atoms with Gasteiger partial charge in [-0.3, -0.25) is 9.59 Å². The number of amides is 3. The molecule has 0 aliphatic carbocycles. The summed E-state index contributed by atoms with van der Waals surface area (Å²) in [6.45, 7) is 12.7. The first kappa shape index (κ1) is 26.1. The molecule has 186 valence electrons. The van der Waals surface area contributed by atoms with Crippen LogP contribution in [0.1, 0.15) is 68.9 Å². The smallest absolute Gasteiger partial charge is 0.410 e. The van der Waals surface area contributed by atoms with Crippen LogP contribution in [-0.2, 0) is 9.53 Å². The lowest BCUT2D eigenvalue weighted by molar-refractivity contribution is -0.129. The van der Waals surface area contributed by atoms with Crippen molar-refractivity contribution >= 4 is 35.1 Å². The normalized spacial score (nSPS) is 23.1. The Labute approximate surface area is 207 Å². The molecule has 3 atom stereocenters. The minimum Gasteiger partial charge on any atom is -0.444 e. The van der Waals surface area contributed by atoms with Gasteiger partial charge in [0.15, 0.2) is 0 Å². The van der Waals surface area contributed by atoms with Crippen molar-refractivity contribution < 1.29 is 19.1 Å². The average molecular weight is 490 g/mol. The molecule has 2 heterocycles. The van der Waals surface area contributed by atoms with Crippen molar-refractivity contribution in [2.24, 2.45) is 11.8 Å². The number of halogens is 1. The summed E-state index contributed by atoms with van der Waals surface area (Å²) in [4.78, 5) is 39.5. The zero-order valence-corrected chi connectivity index (χ0v) is 21.7. The number of rotatable bonds is 4. The van der Waals surface area contributed by atoms with Gasteiger partial charge in [-0.25, -0.2) is 4.79 Å². The van der Waals surface area contributed by atoms with E-state index in [9.17, 15) is 14.4 Å². The Hall–Kier alpha value is -2.54. The lowest BCUT2D eigenvalue weighted by Gasteiger charge is -2.32. The molecule has 1 aromatic carbocycles. The van der Waals surface area contributed by atoms with Crippen LogP contribution in [0.3, 0.4) is 0 Å². The fourth-order valence-electron chi connectivity index (χ4n) is 4.64. The monoisotopic (exact) mass is 489 g/mol. The molecule has 0 spiro atoms. The first-order valence-electron chi connectivity index (χ1n) is 11.9. The van der Waals surface area contributed by atoms with Gasteiger partial charge in [0.25, 0.3) is 5.91 Å². The van der Waals surface area contributed by atoms with E-state index in [1.165, 1.54) is 0 Å². The van der Waals surface area contributed by atoms with Crippen LogP contribution in [0, 0.1) is 18.8 Å². The van der Waals surface area contributed by atoms with Gasteiger partial charge < -0.3 is 20.3 Å². The van der Waals surface area contributed by atoms with E-state index in [2.05, 4.69) is 10.6 Å². The number of hydrogen-bond donors (Lipinski definition) is 2. The van der Waals surface area contributed by atoms with E-state index in [0.717, 1.165) is 23.1 Å². The Morgan fingerprint density at radius 2 is 1.97 bits per heavy atom. The highest BCUT2D eigenvalue weighted by Gasteiger charge is 2.32. The number of hydrogen-bond acceptors (Lipinski definition) is 4. The van der Waals surface area contributed by atoms with Gasteiger partial charge in [0.05, 0.1) is 5.92 Å². The third kappa shape index (κ3) is 6.32. The maximum atomic E-state index is 13.1. The van der Waals surface area contributed by atoms with Crippen molar-refractivity contribution in [2.75, 3.05) is 19.6 Å². The van der Waals surface area contributed by atoms with Crippen molar-refractivity contribution in [1.29, 1.82) is 0 Å². The molecule has 0 saturated carbocycles. The molecule has 3 unspecified atom stereocenters. The maximum absolute atomic E-state index is 13.1. The van der Waals surface area contributed by atoms with Crippen LogP contribution in [0.2, 0.25) is 5.02 Å². The van der Waals surface area contributed by atoms with Crippen LogP contribution in [0.5, 0.6) is 0 Å². The predicted molar refractivity (Wildman–Crippen MR) is 134 cm³/mol. The summed E-state index contributed by atoms with van der Waals surface area (Å²) in [6.07, 6.45) is 3.18. The van der Waals surface area contributed by atoms with Crippen LogP contribution < -0.4 is 10.6 Å². The fraction of sp³-hybridized carbons (Fsp3) is 0.577. The quantitative estimate of drug-likeness (QED) is 0.648. The topological polar surface area (TPSA) is 87.7 Å². The highest BCUT2D eigenvalue weighted by molar-refractivity contribution is 6.31. The first-order chi connectivity index (χ1) is 15.9. The Morgan fingerprint density at radius 1 is 1.26 bits per heavy atom. The summed E-state index contributed by atoms with van der Waals surface area (Å²) in [6, 6.07) is 3.68. The summed E-state index contributed by atoms with van der Waals surface area (Å²) >= 11 is 6.39. The van der Waals surface area contributed by atoms with Gasteiger partial charge in [-0.1, -0.05) is 24.6 Å². The Morgan fingerprint density at radius 3 is 2.56 bits per heavy atom. The van der Waals surface area contributed by atoms with Crippen LogP contribution in [-0.4, -0.2) is 54.1 Å². The number of nitrogens with one attached hydrogen (secondary N) is 2. The zero-order valence-electron chi connectivity index (χ0n) is 21.0. The van der Waals surface area contributed by atoms with Gasteiger partial charge in [0.1, 0.15) is 5.60 Å². The molecule has 1 saturated heterocycles. The van der Waals surface area contributed by atoms with Gasteiger partial charge in [-0.2, -0.15) is 0 Å². The molecule has 1 aromatic rings. The number of nitrogens with zero attached hydrogens (tertiary/aromatic N) is 1. The lowest BCUT2D eigenvalue weighted by Crippen LogP contribution is -2.50. The fourth-order valence-corrected chi connectivity index (χ4v) is 4.85. The molecule has 3 amide bonds. The molecular weight excluding hydrogens is 454 g/mol. The predicted octanol–water partition coefficient (Wildman–Crippen LogP) is 4.56.